The molecule has 0 spiro atoms. The number of nitrogens with zero attached hydrogens (tertiary/aromatic N) is 1. The first kappa shape index (κ1) is 19.4. The number of aromatic nitrogens is 1. The first-order chi connectivity index (χ1) is 13.6. The molecule has 0 saturated heterocycles. The number of hydrogen-bond acceptors (Lipinski definition) is 6. The number of rotatable bonds is 7. The van der Waals surface area contributed by atoms with E-state index in [0.29, 0.717) is 22.3 Å². The van der Waals surface area contributed by atoms with Gasteiger partial charge in [0.05, 0.1) is 26.3 Å². The first-order valence-corrected chi connectivity index (χ1v) is 9.29. The lowest BCUT2D eigenvalue weighted by Gasteiger charge is -2.10. The average molecular weight is 397 g/mol. The molecule has 2 aromatic carbocycles. The second-order valence-electron chi connectivity index (χ2n) is 5.77. The molecule has 3 rings (SSSR count). The lowest BCUT2D eigenvalue weighted by atomic mass is 10.1. The highest BCUT2D eigenvalue weighted by atomic mass is 32.1. The summed E-state index contributed by atoms with van der Waals surface area (Å²) < 4.78 is 10.4. The number of methoxy groups -OCH3 is 2. The van der Waals surface area contributed by atoms with Gasteiger partial charge in [0, 0.05) is 11.4 Å². The second-order valence-corrected chi connectivity index (χ2v) is 6.63. The molecule has 144 valence electrons. The van der Waals surface area contributed by atoms with Gasteiger partial charge in [0.25, 0.3) is 5.91 Å². The van der Waals surface area contributed by atoms with Gasteiger partial charge < -0.3 is 20.1 Å². The zero-order valence-electron chi connectivity index (χ0n) is 15.4. The molecule has 0 fully saturated rings. The van der Waals surface area contributed by atoms with Crippen molar-refractivity contribution in [3.63, 3.8) is 0 Å². The summed E-state index contributed by atoms with van der Waals surface area (Å²) in [6.07, 6.45) is 0.239. The van der Waals surface area contributed by atoms with Crippen molar-refractivity contribution in [2.45, 2.75) is 6.42 Å². The second kappa shape index (κ2) is 9.01. The van der Waals surface area contributed by atoms with Crippen LogP contribution in [0.2, 0.25) is 0 Å². The molecule has 0 atom stereocenters. The van der Waals surface area contributed by atoms with Crippen molar-refractivity contribution in [3.8, 4) is 11.5 Å². The quantitative estimate of drug-likeness (QED) is 0.636. The summed E-state index contributed by atoms with van der Waals surface area (Å²) in [6, 6.07) is 14.5. The van der Waals surface area contributed by atoms with Gasteiger partial charge in [0.2, 0.25) is 5.91 Å². The lowest BCUT2D eigenvalue weighted by molar-refractivity contribution is -0.115. The highest BCUT2D eigenvalue weighted by Crippen LogP contribution is 2.29. The van der Waals surface area contributed by atoms with Crippen LogP contribution in [0.1, 0.15) is 16.1 Å². The molecule has 0 bridgehead atoms. The number of hydrogen-bond donors (Lipinski definition) is 2. The van der Waals surface area contributed by atoms with Crippen molar-refractivity contribution in [2.24, 2.45) is 0 Å². The summed E-state index contributed by atoms with van der Waals surface area (Å²) in [5, 5.41) is 7.41. The van der Waals surface area contributed by atoms with Crippen molar-refractivity contribution in [1.82, 2.24) is 4.98 Å². The predicted molar refractivity (Wildman–Crippen MR) is 108 cm³/mol. The van der Waals surface area contributed by atoms with E-state index in [1.165, 1.54) is 25.6 Å². The Morgan fingerprint density at radius 2 is 1.82 bits per heavy atom. The lowest BCUT2D eigenvalue weighted by Crippen LogP contribution is -2.16. The maximum absolute atomic E-state index is 12.5. The van der Waals surface area contributed by atoms with Gasteiger partial charge in [0.1, 0.15) is 17.2 Å². The molecular formula is C20H19N3O4S. The maximum atomic E-state index is 12.5. The Morgan fingerprint density at radius 3 is 2.54 bits per heavy atom. The Kier molecular flexibility index (Phi) is 6.23. The number of amides is 2. The Morgan fingerprint density at radius 1 is 1.04 bits per heavy atom. The highest BCUT2D eigenvalue weighted by Gasteiger charge is 2.15. The van der Waals surface area contributed by atoms with Gasteiger partial charge in [-0.3, -0.25) is 9.59 Å². The Bertz CT molecular complexity index is 973. The van der Waals surface area contributed by atoms with E-state index in [9.17, 15) is 9.59 Å². The molecule has 2 amide bonds. The van der Waals surface area contributed by atoms with E-state index < -0.39 is 5.91 Å². The molecule has 0 unspecified atom stereocenters. The minimum atomic E-state index is -0.411. The van der Waals surface area contributed by atoms with Crippen LogP contribution in [0.15, 0.2) is 53.9 Å². The van der Waals surface area contributed by atoms with Crippen LogP contribution in [0.4, 0.5) is 10.8 Å². The van der Waals surface area contributed by atoms with E-state index in [1.54, 1.807) is 23.6 Å². The zero-order valence-corrected chi connectivity index (χ0v) is 16.2. The molecule has 0 aliphatic rings. The van der Waals surface area contributed by atoms with Crippen molar-refractivity contribution in [1.29, 1.82) is 0 Å². The van der Waals surface area contributed by atoms with Gasteiger partial charge in [-0.15, -0.1) is 11.3 Å². The number of anilines is 2. The fourth-order valence-corrected chi connectivity index (χ4v) is 3.19. The molecule has 3 aromatic rings. The van der Waals surface area contributed by atoms with Crippen LogP contribution >= 0.6 is 11.3 Å². The third-order valence-electron chi connectivity index (χ3n) is 3.85. The molecule has 28 heavy (non-hydrogen) atoms. The summed E-state index contributed by atoms with van der Waals surface area (Å²) in [7, 11) is 3.05. The predicted octanol–water partition coefficient (Wildman–Crippen LogP) is 3.59. The monoisotopic (exact) mass is 397 g/mol. The molecule has 0 radical (unpaired) electrons. The van der Waals surface area contributed by atoms with Crippen LogP contribution < -0.4 is 20.1 Å². The Labute approximate surface area is 166 Å². The minimum Gasteiger partial charge on any atom is -0.497 e. The van der Waals surface area contributed by atoms with Gasteiger partial charge >= 0.3 is 0 Å². The Hall–Kier alpha value is -3.39. The maximum Gasteiger partial charge on any atom is 0.275 e. The largest absolute Gasteiger partial charge is 0.497 e. The van der Waals surface area contributed by atoms with Crippen LogP contribution in [-0.2, 0) is 11.2 Å². The van der Waals surface area contributed by atoms with Gasteiger partial charge in [0.15, 0.2) is 5.13 Å². The number of carbonyl (C=O) groups excluding carboxylic acids is 2. The van der Waals surface area contributed by atoms with Crippen LogP contribution in [-0.4, -0.2) is 31.0 Å². The van der Waals surface area contributed by atoms with Crippen molar-refractivity contribution >= 4 is 34.0 Å². The molecule has 1 heterocycles. The van der Waals surface area contributed by atoms with Gasteiger partial charge in [-0.05, 0) is 17.7 Å². The van der Waals surface area contributed by atoms with Gasteiger partial charge in [-0.1, -0.05) is 30.3 Å². The number of carbonyl (C=O) groups is 2. The van der Waals surface area contributed by atoms with E-state index in [4.69, 9.17) is 9.47 Å². The zero-order chi connectivity index (χ0) is 19.9. The number of nitrogens with one attached hydrogen (secondary N) is 2. The SMILES string of the molecule is COc1ccc(OC)c(NC(=O)c2csc(NC(=O)Cc3ccccc3)n2)c1. The summed E-state index contributed by atoms with van der Waals surface area (Å²) in [5.41, 5.74) is 1.57. The van der Waals surface area contributed by atoms with E-state index in [2.05, 4.69) is 15.6 Å². The van der Waals surface area contributed by atoms with E-state index in [-0.39, 0.29) is 18.0 Å². The first-order valence-electron chi connectivity index (χ1n) is 8.41. The summed E-state index contributed by atoms with van der Waals surface area (Å²) in [5.74, 6) is 0.484. The molecule has 0 aliphatic heterocycles. The van der Waals surface area contributed by atoms with Crippen LogP contribution in [0, 0.1) is 0 Å². The molecule has 0 aliphatic carbocycles. The fourth-order valence-electron chi connectivity index (χ4n) is 2.48. The Balaban J connectivity index is 1.65. The number of benzene rings is 2. The summed E-state index contributed by atoms with van der Waals surface area (Å²) >= 11 is 1.19. The summed E-state index contributed by atoms with van der Waals surface area (Å²) in [6.45, 7) is 0. The number of ether oxygens (including phenoxy) is 2. The average Bonchev–Trinajstić information content (AvgIpc) is 3.17. The summed E-state index contributed by atoms with van der Waals surface area (Å²) in [4.78, 5) is 28.8. The van der Waals surface area contributed by atoms with Gasteiger partial charge in [-0.2, -0.15) is 0 Å². The molecule has 7 nitrogen and oxygen atoms in total. The van der Waals surface area contributed by atoms with Crippen LogP contribution in [0.3, 0.4) is 0 Å². The number of thiazole rings is 1. The smallest absolute Gasteiger partial charge is 0.275 e. The third kappa shape index (κ3) is 4.86. The van der Waals surface area contributed by atoms with E-state index in [0.717, 1.165) is 5.56 Å². The molecule has 2 N–H and O–H groups in total. The normalized spacial score (nSPS) is 10.2. The molecule has 8 heteroatoms. The van der Waals surface area contributed by atoms with E-state index in [1.807, 2.05) is 30.3 Å². The van der Waals surface area contributed by atoms with Crippen LogP contribution in [0.25, 0.3) is 0 Å². The highest BCUT2D eigenvalue weighted by molar-refractivity contribution is 7.14. The van der Waals surface area contributed by atoms with Gasteiger partial charge in [-0.25, -0.2) is 4.98 Å². The van der Waals surface area contributed by atoms with Crippen molar-refractivity contribution in [2.75, 3.05) is 24.9 Å². The molecule has 1 aromatic heterocycles. The van der Waals surface area contributed by atoms with Crippen LogP contribution in [0.5, 0.6) is 11.5 Å². The van der Waals surface area contributed by atoms with Crippen molar-refractivity contribution in [3.05, 3.63) is 65.2 Å². The molecule has 0 saturated carbocycles. The molecular weight excluding hydrogens is 378 g/mol. The van der Waals surface area contributed by atoms with Crippen molar-refractivity contribution < 1.29 is 19.1 Å². The topological polar surface area (TPSA) is 89.5 Å². The standard InChI is InChI=1S/C20H19N3O4S/c1-26-14-8-9-17(27-2)15(11-14)21-19(25)16-12-28-20(22-16)23-18(24)10-13-6-4-3-5-7-13/h3-9,11-12H,10H2,1-2H3,(H,21,25)(H,22,23,24). The third-order valence-corrected chi connectivity index (χ3v) is 4.60. The minimum absolute atomic E-state index is 0.193. The van der Waals surface area contributed by atoms with E-state index >= 15 is 0 Å². The fraction of sp³-hybridized carbons (Fsp3) is 0.150.